The predicted octanol–water partition coefficient (Wildman–Crippen LogP) is 2.58. The molecule has 0 aromatic carbocycles. The van der Waals surface area contributed by atoms with Crippen molar-refractivity contribution in [2.24, 2.45) is 23.2 Å². The van der Waals surface area contributed by atoms with E-state index in [2.05, 4.69) is 6.92 Å². The molecule has 1 heteroatoms. The zero-order valence-electron chi connectivity index (χ0n) is 8.50. The molecular weight excluding hydrogens is 160 g/mol. The predicted molar refractivity (Wildman–Crippen MR) is 52.3 cm³/mol. The van der Waals surface area contributed by atoms with E-state index < -0.39 is 0 Å². The van der Waals surface area contributed by atoms with Crippen molar-refractivity contribution in [3.63, 3.8) is 0 Å². The van der Waals surface area contributed by atoms with Gasteiger partial charge in [0.25, 0.3) is 0 Å². The highest BCUT2D eigenvalue weighted by Gasteiger charge is 2.69. The highest BCUT2D eigenvalue weighted by Crippen LogP contribution is 2.74. The van der Waals surface area contributed by atoms with Gasteiger partial charge in [-0.2, -0.15) is 0 Å². The molecular formula is C12H20O. The zero-order chi connectivity index (χ0) is 9.05. The van der Waals surface area contributed by atoms with Crippen molar-refractivity contribution in [1.82, 2.24) is 0 Å². The molecule has 74 valence electrons. The van der Waals surface area contributed by atoms with Crippen LogP contribution in [0.4, 0.5) is 0 Å². The minimum absolute atomic E-state index is 0.0191. The third-order valence-electron chi connectivity index (χ3n) is 5.34. The Morgan fingerprint density at radius 1 is 1.08 bits per heavy atom. The van der Waals surface area contributed by atoms with Gasteiger partial charge in [0.15, 0.2) is 0 Å². The molecule has 13 heavy (non-hydrogen) atoms. The van der Waals surface area contributed by atoms with Crippen LogP contribution in [-0.2, 0) is 0 Å². The van der Waals surface area contributed by atoms with Crippen LogP contribution in [0.3, 0.4) is 0 Å². The average molecular weight is 180 g/mol. The second-order valence-corrected chi connectivity index (χ2v) is 5.50. The third kappa shape index (κ3) is 0.869. The highest BCUT2D eigenvalue weighted by molar-refractivity contribution is 5.17. The summed E-state index contributed by atoms with van der Waals surface area (Å²) in [5.41, 5.74) is 0.621. The number of hydrogen-bond acceptors (Lipinski definition) is 1. The van der Waals surface area contributed by atoms with E-state index in [0.717, 1.165) is 18.3 Å². The SMILES string of the molecule is CC1C(O)CCC12[C@@H]1CCCC[C@@H]12. The van der Waals surface area contributed by atoms with Gasteiger partial charge in [-0.1, -0.05) is 19.8 Å². The second kappa shape index (κ2) is 2.50. The van der Waals surface area contributed by atoms with Crippen molar-refractivity contribution in [2.75, 3.05) is 0 Å². The molecule has 0 amide bonds. The molecule has 0 aliphatic heterocycles. The molecule has 0 heterocycles. The van der Waals surface area contributed by atoms with E-state index in [1.54, 1.807) is 0 Å². The van der Waals surface area contributed by atoms with Crippen LogP contribution in [0.2, 0.25) is 0 Å². The molecule has 0 aromatic rings. The third-order valence-corrected chi connectivity index (χ3v) is 5.34. The van der Waals surface area contributed by atoms with E-state index in [1.165, 1.54) is 32.1 Å². The van der Waals surface area contributed by atoms with Crippen molar-refractivity contribution in [3.8, 4) is 0 Å². The summed E-state index contributed by atoms with van der Waals surface area (Å²) in [6.45, 7) is 2.29. The van der Waals surface area contributed by atoms with Gasteiger partial charge in [0.05, 0.1) is 6.10 Å². The summed E-state index contributed by atoms with van der Waals surface area (Å²) in [5, 5.41) is 9.82. The average Bonchev–Trinajstić information content (AvgIpc) is 2.73. The van der Waals surface area contributed by atoms with Crippen LogP contribution in [-0.4, -0.2) is 11.2 Å². The monoisotopic (exact) mass is 180 g/mol. The largest absolute Gasteiger partial charge is 0.393 e. The number of aliphatic hydroxyl groups is 1. The first kappa shape index (κ1) is 8.28. The molecule has 0 bridgehead atoms. The lowest BCUT2D eigenvalue weighted by Gasteiger charge is -2.18. The number of fused-ring (bicyclic) bond motifs is 3. The molecule has 3 saturated carbocycles. The van der Waals surface area contributed by atoms with Crippen LogP contribution in [0.1, 0.15) is 45.4 Å². The Labute approximate surface area is 80.5 Å². The molecule has 3 aliphatic carbocycles. The van der Waals surface area contributed by atoms with Crippen molar-refractivity contribution in [1.29, 1.82) is 0 Å². The fourth-order valence-corrected chi connectivity index (χ4v) is 4.58. The van der Waals surface area contributed by atoms with Crippen LogP contribution in [0.5, 0.6) is 0 Å². The van der Waals surface area contributed by atoms with Crippen molar-refractivity contribution < 1.29 is 5.11 Å². The van der Waals surface area contributed by atoms with Crippen LogP contribution < -0.4 is 0 Å². The lowest BCUT2D eigenvalue weighted by Crippen LogP contribution is -2.18. The Morgan fingerprint density at radius 3 is 2.15 bits per heavy atom. The van der Waals surface area contributed by atoms with Gasteiger partial charge in [0.2, 0.25) is 0 Å². The van der Waals surface area contributed by atoms with Gasteiger partial charge in [-0.15, -0.1) is 0 Å². The molecule has 0 saturated heterocycles. The number of hydrogen-bond donors (Lipinski definition) is 1. The van der Waals surface area contributed by atoms with E-state index in [-0.39, 0.29) is 6.10 Å². The molecule has 1 N–H and O–H groups in total. The molecule has 3 aliphatic rings. The normalized spacial score (nSPS) is 59.5. The van der Waals surface area contributed by atoms with Gasteiger partial charge in [-0.3, -0.25) is 0 Å². The smallest absolute Gasteiger partial charge is 0.0571 e. The summed E-state index contributed by atoms with van der Waals surface area (Å²) in [6, 6.07) is 0. The van der Waals surface area contributed by atoms with E-state index >= 15 is 0 Å². The minimum Gasteiger partial charge on any atom is -0.393 e. The molecule has 1 spiro atoms. The maximum Gasteiger partial charge on any atom is 0.0571 e. The van der Waals surface area contributed by atoms with Crippen LogP contribution in [0.15, 0.2) is 0 Å². The quantitative estimate of drug-likeness (QED) is 0.607. The molecule has 3 unspecified atom stereocenters. The van der Waals surface area contributed by atoms with Gasteiger partial charge >= 0.3 is 0 Å². The minimum atomic E-state index is 0.0191. The van der Waals surface area contributed by atoms with E-state index in [4.69, 9.17) is 0 Å². The maximum absolute atomic E-state index is 9.82. The van der Waals surface area contributed by atoms with Crippen molar-refractivity contribution in [2.45, 2.75) is 51.6 Å². The first-order chi connectivity index (χ1) is 6.27. The van der Waals surface area contributed by atoms with Crippen LogP contribution >= 0.6 is 0 Å². The molecule has 5 atom stereocenters. The Balaban J connectivity index is 1.84. The summed E-state index contributed by atoms with van der Waals surface area (Å²) in [6.07, 6.45) is 8.24. The summed E-state index contributed by atoms with van der Waals surface area (Å²) in [4.78, 5) is 0. The molecule has 3 fully saturated rings. The Bertz CT molecular complexity index is 211. The Kier molecular flexibility index (Phi) is 1.59. The molecule has 0 radical (unpaired) electrons. The van der Waals surface area contributed by atoms with Gasteiger partial charge in [0.1, 0.15) is 0 Å². The van der Waals surface area contributed by atoms with Crippen molar-refractivity contribution >= 4 is 0 Å². The van der Waals surface area contributed by atoms with Gasteiger partial charge in [-0.25, -0.2) is 0 Å². The first-order valence-electron chi connectivity index (χ1n) is 5.95. The molecule has 0 aromatic heterocycles. The summed E-state index contributed by atoms with van der Waals surface area (Å²) in [5.74, 6) is 2.61. The second-order valence-electron chi connectivity index (χ2n) is 5.50. The van der Waals surface area contributed by atoms with Crippen LogP contribution in [0, 0.1) is 23.2 Å². The number of aliphatic hydroxyl groups excluding tert-OH is 1. The van der Waals surface area contributed by atoms with Gasteiger partial charge in [0, 0.05) is 0 Å². The topological polar surface area (TPSA) is 20.2 Å². The Hall–Kier alpha value is -0.0400. The Morgan fingerprint density at radius 2 is 1.69 bits per heavy atom. The van der Waals surface area contributed by atoms with Gasteiger partial charge < -0.3 is 5.11 Å². The fraction of sp³-hybridized carbons (Fsp3) is 1.00. The fourth-order valence-electron chi connectivity index (χ4n) is 4.58. The van der Waals surface area contributed by atoms with E-state index in [0.29, 0.717) is 11.3 Å². The highest BCUT2D eigenvalue weighted by atomic mass is 16.3. The van der Waals surface area contributed by atoms with E-state index in [9.17, 15) is 5.11 Å². The summed E-state index contributed by atoms with van der Waals surface area (Å²) in [7, 11) is 0. The zero-order valence-corrected chi connectivity index (χ0v) is 8.50. The maximum atomic E-state index is 9.82. The number of rotatable bonds is 0. The lowest BCUT2D eigenvalue weighted by atomic mass is 9.89. The molecule has 3 rings (SSSR count). The van der Waals surface area contributed by atoms with Gasteiger partial charge in [-0.05, 0) is 48.9 Å². The van der Waals surface area contributed by atoms with Crippen molar-refractivity contribution in [3.05, 3.63) is 0 Å². The summed E-state index contributed by atoms with van der Waals surface area (Å²) >= 11 is 0. The lowest BCUT2D eigenvalue weighted by molar-refractivity contribution is 0.116. The van der Waals surface area contributed by atoms with Crippen LogP contribution in [0.25, 0.3) is 0 Å². The van der Waals surface area contributed by atoms with E-state index in [1.807, 2.05) is 0 Å². The molecule has 1 nitrogen and oxygen atoms in total. The first-order valence-corrected chi connectivity index (χ1v) is 5.95. The standard InChI is InChI=1S/C12H20O/c1-8-11(13)6-7-12(8)9-4-2-3-5-10(9)12/h8-11,13H,2-7H2,1H3/t8?,9-,10+,11?,12?. The summed E-state index contributed by atoms with van der Waals surface area (Å²) < 4.78 is 0.